The number of carboxylic acids is 1. The van der Waals surface area contributed by atoms with E-state index in [4.69, 9.17) is 9.84 Å². The number of hydrogen-bond acceptors (Lipinski definition) is 5. The van der Waals surface area contributed by atoms with Gasteiger partial charge in [0.1, 0.15) is 4.90 Å². The third-order valence-corrected chi connectivity index (χ3v) is 5.41. The van der Waals surface area contributed by atoms with Gasteiger partial charge in [0, 0.05) is 32.5 Å². The van der Waals surface area contributed by atoms with Crippen molar-refractivity contribution in [3.63, 3.8) is 0 Å². The van der Waals surface area contributed by atoms with E-state index in [1.54, 1.807) is 7.05 Å². The smallest absolute Gasteiger partial charge is 0.305 e. The first kappa shape index (κ1) is 15.9. The summed E-state index contributed by atoms with van der Waals surface area (Å²) >= 11 is 0. The summed E-state index contributed by atoms with van der Waals surface area (Å²) in [5, 5.41) is 12.5. The molecule has 0 aromatic carbocycles. The Bertz CT molecular complexity index is 592. The van der Waals surface area contributed by atoms with E-state index in [1.165, 1.54) is 21.4 Å². The summed E-state index contributed by atoms with van der Waals surface area (Å²) < 4.78 is 32.9. The van der Waals surface area contributed by atoms with Gasteiger partial charge in [0.05, 0.1) is 19.2 Å². The summed E-state index contributed by atoms with van der Waals surface area (Å²) in [6, 6.07) is -0.0777. The predicted octanol–water partition coefficient (Wildman–Crippen LogP) is 0.157. The molecule has 1 aliphatic heterocycles. The van der Waals surface area contributed by atoms with Crippen molar-refractivity contribution < 1.29 is 23.1 Å². The van der Waals surface area contributed by atoms with Crippen LogP contribution in [0.1, 0.15) is 19.3 Å². The lowest BCUT2D eigenvalue weighted by atomic mass is 10.1. The minimum Gasteiger partial charge on any atom is -0.481 e. The Morgan fingerprint density at radius 3 is 2.81 bits per heavy atom. The number of rotatable bonds is 6. The first-order valence-electron chi connectivity index (χ1n) is 6.71. The highest BCUT2D eigenvalue weighted by Crippen LogP contribution is 2.21. The molecule has 2 heterocycles. The SMILES string of the molecule is CN(C1CCOCC1)S(=O)(=O)c1cnn(CCC(=O)O)c1. The normalized spacial score (nSPS) is 17.2. The maximum Gasteiger partial charge on any atom is 0.305 e. The molecule has 118 valence electrons. The van der Waals surface area contributed by atoms with E-state index in [9.17, 15) is 13.2 Å². The summed E-state index contributed by atoms with van der Waals surface area (Å²) in [4.78, 5) is 10.6. The summed E-state index contributed by atoms with van der Waals surface area (Å²) in [6.45, 7) is 1.26. The van der Waals surface area contributed by atoms with Gasteiger partial charge in [0.2, 0.25) is 10.0 Å². The summed E-state index contributed by atoms with van der Waals surface area (Å²) in [5.74, 6) is -0.950. The zero-order chi connectivity index (χ0) is 15.5. The van der Waals surface area contributed by atoms with Crippen molar-refractivity contribution in [2.75, 3.05) is 20.3 Å². The fraction of sp³-hybridized carbons (Fsp3) is 0.667. The van der Waals surface area contributed by atoms with E-state index in [1.807, 2.05) is 0 Å². The summed E-state index contributed by atoms with van der Waals surface area (Å²) in [5.41, 5.74) is 0. The van der Waals surface area contributed by atoms with E-state index >= 15 is 0 Å². The third-order valence-electron chi connectivity index (χ3n) is 3.55. The number of hydrogen-bond donors (Lipinski definition) is 1. The largest absolute Gasteiger partial charge is 0.481 e. The van der Waals surface area contributed by atoms with Crippen LogP contribution < -0.4 is 0 Å². The van der Waals surface area contributed by atoms with E-state index in [0.717, 1.165) is 0 Å². The molecule has 21 heavy (non-hydrogen) atoms. The highest BCUT2D eigenvalue weighted by atomic mass is 32.2. The molecule has 1 saturated heterocycles. The van der Waals surface area contributed by atoms with Crippen molar-refractivity contribution >= 4 is 16.0 Å². The second-order valence-electron chi connectivity index (χ2n) is 4.95. The van der Waals surface area contributed by atoms with Gasteiger partial charge in [0.15, 0.2) is 0 Å². The molecule has 0 amide bonds. The second-order valence-corrected chi connectivity index (χ2v) is 6.95. The molecule has 0 saturated carbocycles. The van der Waals surface area contributed by atoms with Crippen molar-refractivity contribution in [3.05, 3.63) is 12.4 Å². The first-order chi connectivity index (χ1) is 9.91. The fourth-order valence-electron chi connectivity index (χ4n) is 2.22. The Balaban J connectivity index is 2.09. The topological polar surface area (TPSA) is 102 Å². The Labute approximate surface area is 123 Å². The van der Waals surface area contributed by atoms with Crippen LogP contribution in [0.5, 0.6) is 0 Å². The van der Waals surface area contributed by atoms with Gasteiger partial charge in [-0.3, -0.25) is 9.48 Å². The molecule has 1 aromatic rings. The lowest BCUT2D eigenvalue weighted by Gasteiger charge is -2.29. The quantitative estimate of drug-likeness (QED) is 0.802. The van der Waals surface area contributed by atoms with E-state index < -0.39 is 16.0 Å². The number of aliphatic carboxylic acids is 1. The van der Waals surface area contributed by atoms with E-state index in [2.05, 4.69) is 5.10 Å². The summed E-state index contributed by atoms with van der Waals surface area (Å²) in [6.07, 6.45) is 3.86. The number of sulfonamides is 1. The van der Waals surface area contributed by atoms with E-state index in [0.29, 0.717) is 26.1 Å². The number of aromatic nitrogens is 2. The van der Waals surface area contributed by atoms with Gasteiger partial charge in [-0.05, 0) is 12.8 Å². The van der Waals surface area contributed by atoms with Crippen molar-refractivity contribution in [2.24, 2.45) is 0 Å². The molecule has 0 unspecified atom stereocenters. The zero-order valence-corrected chi connectivity index (χ0v) is 12.6. The van der Waals surface area contributed by atoms with Gasteiger partial charge in [-0.2, -0.15) is 9.40 Å². The Morgan fingerprint density at radius 1 is 1.52 bits per heavy atom. The zero-order valence-electron chi connectivity index (χ0n) is 11.8. The lowest BCUT2D eigenvalue weighted by Crippen LogP contribution is -2.40. The summed E-state index contributed by atoms with van der Waals surface area (Å²) in [7, 11) is -2.05. The minimum atomic E-state index is -3.61. The molecule has 0 spiro atoms. The molecule has 8 nitrogen and oxygen atoms in total. The highest BCUT2D eigenvalue weighted by Gasteiger charge is 2.30. The maximum absolute atomic E-state index is 12.5. The van der Waals surface area contributed by atoms with Gasteiger partial charge in [-0.25, -0.2) is 8.42 Å². The average molecular weight is 317 g/mol. The highest BCUT2D eigenvalue weighted by molar-refractivity contribution is 7.89. The van der Waals surface area contributed by atoms with Crippen LogP contribution in [0.2, 0.25) is 0 Å². The number of ether oxygens (including phenoxy) is 1. The van der Waals surface area contributed by atoms with Gasteiger partial charge in [0.25, 0.3) is 0 Å². The van der Waals surface area contributed by atoms with Crippen LogP contribution in [0.25, 0.3) is 0 Å². The minimum absolute atomic E-state index is 0.0777. The molecule has 2 rings (SSSR count). The Hall–Kier alpha value is -1.45. The average Bonchev–Trinajstić information content (AvgIpc) is 2.95. The number of aryl methyl sites for hydroxylation is 1. The molecule has 1 fully saturated rings. The van der Waals surface area contributed by atoms with Crippen LogP contribution in [0, 0.1) is 0 Å². The third kappa shape index (κ3) is 3.80. The van der Waals surface area contributed by atoms with Crippen molar-refractivity contribution in [2.45, 2.75) is 36.7 Å². The van der Waals surface area contributed by atoms with Crippen LogP contribution in [0.4, 0.5) is 0 Å². The molecular formula is C12H19N3O5S. The van der Waals surface area contributed by atoms with Crippen LogP contribution in [0.15, 0.2) is 17.3 Å². The standard InChI is InChI=1S/C12H19N3O5S/c1-14(10-3-6-20-7-4-10)21(18,19)11-8-13-15(9-11)5-2-12(16)17/h8-10H,2-7H2,1H3,(H,16,17). The molecule has 0 radical (unpaired) electrons. The van der Waals surface area contributed by atoms with Gasteiger partial charge in [-0.15, -0.1) is 0 Å². The molecule has 0 aliphatic carbocycles. The number of carbonyl (C=O) groups is 1. The van der Waals surface area contributed by atoms with Gasteiger partial charge in [-0.1, -0.05) is 0 Å². The van der Waals surface area contributed by atoms with Crippen LogP contribution >= 0.6 is 0 Å². The fourth-order valence-corrected chi connectivity index (χ4v) is 3.59. The molecule has 0 bridgehead atoms. The molecular weight excluding hydrogens is 298 g/mol. The van der Waals surface area contributed by atoms with Gasteiger partial charge >= 0.3 is 5.97 Å². The predicted molar refractivity (Wildman–Crippen MR) is 73.3 cm³/mol. The van der Waals surface area contributed by atoms with E-state index in [-0.39, 0.29) is 23.9 Å². The van der Waals surface area contributed by atoms with Crippen molar-refractivity contribution in [1.82, 2.24) is 14.1 Å². The van der Waals surface area contributed by atoms with Gasteiger partial charge < -0.3 is 9.84 Å². The molecule has 1 aliphatic rings. The second kappa shape index (κ2) is 6.54. The first-order valence-corrected chi connectivity index (χ1v) is 8.15. The van der Waals surface area contributed by atoms with Crippen LogP contribution in [-0.2, 0) is 26.1 Å². The Morgan fingerprint density at radius 2 is 2.19 bits per heavy atom. The van der Waals surface area contributed by atoms with Crippen molar-refractivity contribution in [3.8, 4) is 0 Å². The lowest BCUT2D eigenvalue weighted by molar-refractivity contribution is -0.137. The molecule has 9 heteroatoms. The van der Waals surface area contributed by atoms with Crippen LogP contribution in [0.3, 0.4) is 0 Å². The molecule has 1 aromatic heterocycles. The molecule has 1 N–H and O–H groups in total. The number of nitrogens with zero attached hydrogens (tertiary/aromatic N) is 3. The molecule has 0 atom stereocenters. The number of carboxylic acid groups (broad SMARTS) is 1. The van der Waals surface area contributed by atoms with Crippen molar-refractivity contribution in [1.29, 1.82) is 0 Å². The Kier molecular flexibility index (Phi) is 4.96. The maximum atomic E-state index is 12.5. The monoisotopic (exact) mass is 317 g/mol. The van der Waals surface area contributed by atoms with Crippen LogP contribution in [-0.4, -0.2) is 59.9 Å².